The van der Waals surface area contributed by atoms with Gasteiger partial charge in [-0.3, -0.25) is 4.79 Å². The van der Waals surface area contributed by atoms with Crippen LogP contribution in [0.4, 0.5) is 0 Å². The van der Waals surface area contributed by atoms with Gasteiger partial charge in [-0.05, 0) is 41.5 Å². The van der Waals surface area contributed by atoms with Crippen molar-refractivity contribution in [3.63, 3.8) is 0 Å². The summed E-state index contributed by atoms with van der Waals surface area (Å²) in [6.45, 7) is 0. The Morgan fingerprint density at radius 3 is 2.09 bits per heavy atom. The number of phenols is 1. The lowest BCUT2D eigenvalue weighted by molar-refractivity contribution is 0.0949. The fourth-order valence-corrected chi connectivity index (χ4v) is 3.74. The predicted octanol–water partition coefficient (Wildman–Crippen LogP) is 5.68. The maximum atomic E-state index is 12.8. The van der Waals surface area contributed by atoms with E-state index < -0.39 is 5.91 Å². The molecule has 5 rings (SSSR count). The Kier molecular flexibility index (Phi) is 6.17. The van der Waals surface area contributed by atoms with Gasteiger partial charge in [0.05, 0.1) is 17.6 Å². The zero-order valence-electron chi connectivity index (χ0n) is 18.7. The number of aromatic hydroxyl groups is 1. The molecule has 0 aliphatic carbocycles. The molecule has 1 amide bonds. The van der Waals surface area contributed by atoms with Crippen LogP contribution >= 0.6 is 0 Å². The molecule has 0 saturated heterocycles. The van der Waals surface area contributed by atoms with E-state index in [1.807, 2.05) is 60.7 Å². The highest BCUT2D eigenvalue weighted by molar-refractivity contribution is 5.94. The zero-order valence-corrected chi connectivity index (χ0v) is 18.7. The number of hydrogen-bond acceptors (Lipinski definition) is 4. The van der Waals surface area contributed by atoms with Crippen LogP contribution in [-0.4, -0.2) is 27.0 Å². The second-order valence-corrected chi connectivity index (χ2v) is 7.86. The van der Waals surface area contributed by atoms with Gasteiger partial charge in [0.2, 0.25) is 0 Å². The quantitative estimate of drug-likeness (QED) is 0.254. The normalized spacial score (nSPS) is 11.0. The summed E-state index contributed by atoms with van der Waals surface area (Å²) in [5, 5.41) is 18.4. The highest BCUT2D eigenvalue weighted by atomic mass is 16.3. The molecule has 0 atom stereocenters. The predicted molar refractivity (Wildman–Crippen MR) is 138 cm³/mol. The molecule has 0 radical (unpaired) electrons. The first-order valence-corrected chi connectivity index (χ1v) is 11.1. The van der Waals surface area contributed by atoms with E-state index in [0.717, 1.165) is 28.1 Å². The molecule has 1 aromatic heterocycles. The van der Waals surface area contributed by atoms with Crippen LogP contribution in [0.3, 0.4) is 0 Å². The number of para-hydroxylation sites is 2. The van der Waals surface area contributed by atoms with Crippen molar-refractivity contribution in [2.75, 3.05) is 0 Å². The van der Waals surface area contributed by atoms with Crippen molar-refractivity contribution in [2.24, 2.45) is 5.10 Å². The van der Waals surface area contributed by atoms with E-state index in [1.54, 1.807) is 35.0 Å². The standard InChI is InChI=1S/C29H22N4O2/c34-28-14-8-7-11-24(28)20-30-31-29(35)26-19-27(33(32-26)25-12-5-2-6-13-25)23-17-15-22(16-18-23)21-9-3-1-4-10-21/h1-20,34H,(H,31,35)/b30-20-. The van der Waals surface area contributed by atoms with E-state index in [2.05, 4.69) is 39.9 Å². The Hall–Kier alpha value is -4.97. The van der Waals surface area contributed by atoms with Gasteiger partial charge in [-0.25, -0.2) is 10.1 Å². The first-order chi connectivity index (χ1) is 17.2. The zero-order chi connectivity index (χ0) is 24.0. The van der Waals surface area contributed by atoms with Crippen LogP contribution in [0, 0.1) is 0 Å². The summed E-state index contributed by atoms with van der Waals surface area (Å²) in [5.41, 5.74) is 8.02. The van der Waals surface area contributed by atoms with E-state index in [9.17, 15) is 9.90 Å². The Labute approximate surface area is 202 Å². The van der Waals surface area contributed by atoms with Crippen LogP contribution < -0.4 is 5.43 Å². The number of hydrazone groups is 1. The van der Waals surface area contributed by atoms with Gasteiger partial charge < -0.3 is 5.11 Å². The lowest BCUT2D eigenvalue weighted by atomic mass is 10.0. The summed E-state index contributed by atoms with van der Waals surface area (Å²) in [6.07, 6.45) is 1.39. The van der Waals surface area contributed by atoms with E-state index in [4.69, 9.17) is 0 Å². The molecular weight excluding hydrogens is 436 g/mol. The summed E-state index contributed by atoms with van der Waals surface area (Å²) in [7, 11) is 0. The highest BCUT2D eigenvalue weighted by Gasteiger charge is 2.16. The molecule has 0 saturated carbocycles. The minimum atomic E-state index is -0.450. The smallest absolute Gasteiger partial charge is 0.291 e. The summed E-state index contributed by atoms with van der Waals surface area (Å²) < 4.78 is 1.75. The van der Waals surface area contributed by atoms with Crippen LogP contribution in [0.2, 0.25) is 0 Å². The second kappa shape index (κ2) is 9.89. The van der Waals surface area contributed by atoms with E-state index in [0.29, 0.717) is 5.56 Å². The lowest BCUT2D eigenvalue weighted by Gasteiger charge is -2.08. The summed E-state index contributed by atoms with van der Waals surface area (Å²) >= 11 is 0. The fraction of sp³-hybridized carbons (Fsp3) is 0. The largest absolute Gasteiger partial charge is 0.507 e. The van der Waals surface area contributed by atoms with Gasteiger partial charge in [0.15, 0.2) is 5.69 Å². The van der Waals surface area contributed by atoms with Crippen molar-refractivity contribution in [1.82, 2.24) is 15.2 Å². The summed E-state index contributed by atoms with van der Waals surface area (Å²) in [4.78, 5) is 12.8. The van der Waals surface area contributed by atoms with Crippen molar-refractivity contribution < 1.29 is 9.90 Å². The molecule has 1 heterocycles. The number of nitrogens with one attached hydrogen (secondary N) is 1. The van der Waals surface area contributed by atoms with Crippen molar-refractivity contribution in [3.05, 3.63) is 127 Å². The third-order valence-electron chi connectivity index (χ3n) is 5.54. The first-order valence-electron chi connectivity index (χ1n) is 11.1. The Bertz CT molecular complexity index is 1470. The average Bonchev–Trinajstić information content (AvgIpc) is 3.37. The van der Waals surface area contributed by atoms with Crippen molar-refractivity contribution >= 4 is 12.1 Å². The Balaban J connectivity index is 1.45. The maximum absolute atomic E-state index is 12.8. The molecule has 0 spiro atoms. The second-order valence-electron chi connectivity index (χ2n) is 7.86. The monoisotopic (exact) mass is 458 g/mol. The molecule has 35 heavy (non-hydrogen) atoms. The van der Waals surface area contributed by atoms with Gasteiger partial charge in [0.1, 0.15) is 5.75 Å². The SMILES string of the molecule is O=C(N/N=C\c1ccccc1O)c1cc(-c2ccc(-c3ccccc3)cc2)n(-c2ccccc2)n1. The molecule has 0 fully saturated rings. The number of aromatic nitrogens is 2. The van der Waals surface area contributed by atoms with Crippen LogP contribution in [0.1, 0.15) is 16.1 Å². The number of carbonyl (C=O) groups is 1. The summed E-state index contributed by atoms with van der Waals surface area (Å²) in [6, 6.07) is 36.5. The molecule has 2 N–H and O–H groups in total. The van der Waals surface area contributed by atoms with E-state index >= 15 is 0 Å². The minimum absolute atomic E-state index is 0.0834. The minimum Gasteiger partial charge on any atom is -0.507 e. The first kappa shape index (κ1) is 21.9. The fourth-order valence-electron chi connectivity index (χ4n) is 3.74. The van der Waals surface area contributed by atoms with E-state index in [1.165, 1.54) is 6.21 Å². The van der Waals surface area contributed by atoms with E-state index in [-0.39, 0.29) is 11.4 Å². The molecular formula is C29H22N4O2. The average molecular weight is 459 g/mol. The van der Waals surface area contributed by atoms with Crippen LogP contribution in [-0.2, 0) is 0 Å². The topological polar surface area (TPSA) is 79.5 Å². The van der Waals surface area contributed by atoms with Gasteiger partial charge in [-0.1, -0.05) is 84.9 Å². The molecule has 0 bridgehead atoms. The highest BCUT2D eigenvalue weighted by Crippen LogP contribution is 2.27. The van der Waals surface area contributed by atoms with Crippen molar-refractivity contribution in [3.8, 4) is 33.8 Å². The number of rotatable bonds is 6. The van der Waals surface area contributed by atoms with Gasteiger partial charge in [-0.15, -0.1) is 0 Å². The Morgan fingerprint density at radius 1 is 0.771 bits per heavy atom. The molecule has 6 heteroatoms. The van der Waals surface area contributed by atoms with Crippen LogP contribution in [0.15, 0.2) is 120 Å². The third kappa shape index (κ3) is 4.86. The van der Waals surface area contributed by atoms with Gasteiger partial charge in [0.25, 0.3) is 5.91 Å². The molecule has 0 unspecified atom stereocenters. The number of nitrogens with zero attached hydrogens (tertiary/aromatic N) is 3. The Morgan fingerprint density at radius 2 is 1.37 bits per heavy atom. The van der Waals surface area contributed by atoms with Gasteiger partial charge in [0, 0.05) is 11.1 Å². The van der Waals surface area contributed by atoms with Crippen molar-refractivity contribution in [1.29, 1.82) is 0 Å². The third-order valence-corrected chi connectivity index (χ3v) is 5.54. The number of hydrogen-bond donors (Lipinski definition) is 2. The lowest BCUT2D eigenvalue weighted by Crippen LogP contribution is -2.18. The van der Waals surface area contributed by atoms with Gasteiger partial charge in [-0.2, -0.15) is 10.2 Å². The molecule has 4 aromatic carbocycles. The van der Waals surface area contributed by atoms with Crippen molar-refractivity contribution in [2.45, 2.75) is 0 Å². The number of benzene rings is 4. The number of carbonyl (C=O) groups excluding carboxylic acids is 1. The maximum Gasteiger partial charge on any atom is 0.291 e. The number of amides is 1. The van der Waals surface area contributed by atoms with Crippen LogP contribution in [0.25, 0.3) is 28.1 Å². The van der Waals surface area contributed by atoms with Crippen LogP contribution in [0.5, 0.6) is 5.75 Å². The molecule has 0 aliphatic heterocycles. The molecule has 0 aliphatic rings. The molecule has 6 nitrogen and oxygen atoms in total. The summed E-state index contributed by atoms with van der Waals surface area (Å²) in [5.74, 6) is -0.367. The number of phenolic OH excluding ortho intramolecular Hbond substituents is 1. The van der Waals surface area contributed by atoms with Gasteiger partial charge >= 0.3 is 0 Å². The molecule has 170 valence electrons. The molecule has 5 aromatic rings.